The second-order valence-electron chi connectivity index (χ2n) is 6.99. The van der Waals surface area contributed by atoms with Crippen molar-refractivity contribution in [2.75, 3.05) is 6.26 Å². The first kappa shape index (κ1) is 22.2. The van der Waals surface area contributed by atoms with E-state index in [1.807, 2.05) is 24.3 Å². The van der Waals surface area contributed by atoms with Crippen LogP contribution in [0.25, 0.3) is 16.4 Å². The number of rotatable bonds is 6. The number of carbonyl (C=O) groups is 1. The van der Waals surface area contributed by atoms with E-state index in [0.29, 0.717) is 11.3 Å². The van der Waals surface area contributed by atoms with Gasteiger partial charge in [-0.3, -0.25) is 0 Å². The van der Waals surface area contributed by atoms with Crippen LogP contribution in [0.4, 0.5) is 0 Å². The summed E-state index contributed by atoms with van der Waals surface area (Å²) in [6.07, 6.45) is 1.41. The third-order valence-corrected chi connectivity index (χ3v) is 7.12. The number of thiazole rings is 1. The van der Waals surface area contributed by atoms with E-state index in [-0.39, 0.29) is 28.0 Å². The fraction of sp³-hybridized carbons (Fsp3) is 0.0952. The topological polar surface area (TPSA) is 122 Å². The molecule has 0 bridgehead atoms. The van der Waals surface area contributed by atoms with E-state index < -0.39 is 15.8 Å². The SMILES string of the molecule is CS(=O)(=O)c1ccc(Cc2c(-c3cccc(Br)c3)nn(-c3nc(C(=O)O)cs3)c2O)cc1. The van der Waals surface area contributed by atoms with E-state index in [0.717, 1.165) is 33.2 Å². The molecule has 0 fully saturated rings. The Balaban J connectivity index is 1.82. The van der Waals surface area contributed by atoms with Gasteiger partial charge in [0.05, 0.1) is 4.90 Å². The molecule has 2 aromatic carbocycles. The molecule has 0 saturated carbocycles. The van der Waals surface area contributed by atoms with Gasteiger partial charge in [-0.05, 0) is 29.8 Å². The van der Waals surface area contributed by atoms with Crippen LogP contribution >= 0.6 is 27.3 Å². The van der Waals surface area contributed by atoms with Gasteiger partial charge < -0.3 is 10.2 Å². The summed E-state index contributed by atoms with van der Waals surface area (Å²) in [4.78, 5) is 15.4. The molecule has 0 atom stereocenters. The van der Waals surface area contributed by atoms with E-state index >= 15 is 0 Å². The number of carboxylic acids is 1. The summed E-state index contributed by atoms with van der Waals surface area (Å²) in [7, 11) is -3.32. The van der Waals surface area contributed by atoms with E-state index in [4.69, 9.17) is 5.11 Å². The number of halogens is 1. The molecule has 4 rings (SSSR count). The Morgan fingerprint density at radius 3 is 2.50 bits per heavy atom. The molecule has 0 amide bonds. The molecule has 0 spiro atoms. The van der Waals surface area contributed by atoms with E-state index in [9.17, 15) is 18.3 Å². The fourth-order valence-corrected chi connectivity index (χ4v) is 4.90. The van der Waals surface area contributed by atoms with Gasteiger partial charge in [-0.15, -0.1) is 11.3 Å². The van der Waals surface area contributed by atoms with Crippen molar-refractivity contribution in [1.29, 1.82) is 0 Å². The quantitative estimate of drug-likeness (QED) is 0.381. The average Bonchev–Trinajstić information content (AvgIpc) is 3.34. The monoisotopic (exact) mass is 533 g/mol. The Hall–Kier alpha value is -3.02. The van der Waals surface area contributed by atoms with Crippen LogP contribution < -0.4 is 0 Å². The minimum atomic E-state index is -3.32. The minimum absolute atomic E-state index is 0.137. The number of aromatic nitrogens is 3. The maximum absolute atomic E-state index is 11.7. The smallest absolute Gasteiger partial charge is 0.355 e. The van der Waals surface area contributed by atoms with Gasteiger partial charge in [0, 0.05) is 33.7 Å². The van der Waals surface area contributed by atoms with Gasteiger partial charge in [0.25, 0.3) is 0 Å². The number of hydrogen-bond donors (Lipinski definition) is 2. The lowest BCUT2D eigenvalue weighted by Crippen LogP contribution is -2.00. The maximum atomic E-state index is 11.7. The van der Waals surface area contributed by atoms with Gasteiger partial charge in [-0.25, -0.2) is 18.2 Å². The highest BCUT2D eigenvalue weighted by atomic mass is 79.9. The Morgan fingerprint density at radius 1 is 1.19 bits per heavy atom. The molecule has 0 radical (unpaired) electrons. The van der Waals surface area contributed by atoms with Crippen LogP contribution in [-0.4, -0.2) is 45.6 Å². The molecule has 164 valence electrons. The summed E-state index contributed by atoms with van der Waals surface area (Å²) in [6.45, 7) is 0. The summed E-state index contributed by atoms with van der Waals surface area (Å²) in [6, 6.07) is 13.8. The lowest BCUT2D eigenvalue weighted by atomic mass is 10.0. The van der Waals surface area contributed by atoms with Crippen LogP contribution in [0, 0.1) is 0 Å². The van der Waals surface area contributed by atoms with Crippen molar-refractivity contribution < 1.29 is 23.4 Å². The normalized spacial score (nSPS) is 11.6. The van der Waals surface area contributed by atoms with Gasteiger partial charge in [-0.2, -0.15) is 9.78 Å². The first-order chi connectivity index (χ1) is 15.1. The number of sulfone groups is 1. The Morgan fingerprint density at radius 2 is 1.91 bits per heavy atom. The van der Waals surface area contributed by atoms with E-state index in [1.165, 1.54) is 22.2 Å². The minimum Gasteiger partial charge on any atom is -0.493 e. The molecule has 0 aliphatic heterocycles. The molecular formula is C21H16BrN3O5S2. The van der Waals surface area contributed by atoms with Crippen molar-refractivity contribution >= 4 is 43.1 Å². The van der Waals surface area contributed by atoms with E-state index in [1.54, 1.807) is 12.1 Å². The number of benzene rings is 2. The van der Waals surface area contributed by atoms with Gasteiger partial charge in [0.15, 0.2) is 15.5 Å². The van der Waals surface area contributed by atoms with Crippen molar-refractivity contribution in [3.8, 4) is 22.3 Å². The second-order valence-corrected chi connectivity index (χ2v) is 10.8. The number of hydrogen-bond acceptors (Lipinski definition) is 7. The number of aromatic hydroxyl groups is 1. The zero-order valence-corrected chi connectivity index (χ0v) is 19.8. The first-order valence-corrected chi connectivity index (χ1v) is 12.7. The molecule has 11 heteroatoms. The van der Waals surface area contributed by atoms with Gasteiger partial charge in [0.1, 0.15) is 5.69 Å². The molecule has 0 aliphatic carbocycles. The van der Waals surface area contributed by atoms with Crippen LogP contribution in [0.5, 0.6) is 5.88 Å². The van der Waals surface area contributed by atoms with Crippen molar-refractivity contribution in [2.45, 2.75) is 11.3 Å². The van der Waals surface area contributed by atoms with Crippen molar-refractivity contribution in [1.82, 2.24) is 14.8 Å². The Kier molecular flexibility index (Phi) is 5.89. The molecular weight excluding hydrogens is 518 g/mol. The fourth-order valence-electron chi connectivity index (χ4n) is 3.12. The number of nitrogens with zero attached hydrogens (tertiary/aromatic N) is 3. The van der Waals surface area contributed by atoms with Crippen molar-refractivity contribution in [3.05, 3.63) is 75.2 Å². The number of carboxylic acid groups (broad SMARTS) is 1. The van der Waals surface area contributed by atoms with Gasteiger partial charge >= 0.3 is 5.97 Å². The highest BCUT2D eigenvalue weighted by molar-refractivity contribution is 9.10. The molecule has 2 aromatic heterocycles. The predicted octanol–water partition coefficient (Wildman–Crippen LogP) is 4.16. The van der Waals surface area contributed by atoms with Crippen molar-refractivity contribution in [3.63, 3.8) is 0 Å². The molecule has 2 heterocycles. The highest BCUT2D eigenvalue weighted by Crippen LogP contribution is 2.35. The lowest BCUT2D eigenvalue weighted by Gasteiger charge is -2.06. The predicted molar refractivity (Wildman–Crippen MR) is 123 cm³/mol. The summed E-state index contributed by atoms with van der Waals surface area (Å²) in [5.41, 5.74) is 2.38. The van der Waals surface area contributed by atoms with Crippen LogP contribution in [0.15, 0.2) is 63.3 Å². The second kappa shape index (κ2) is 8.49. The van der Waals surface area contributed by atoms with Crippen LogP contribution in [0.1, 0.15) is 21.6 Å². The van der Waals surface area contributed by atoms with Gasteiger partial charge in [-0.1, -0.05) is 40.2 Å². The van der Waals surface area contributed by atoms with Crippen molar-refractivity contribution in [2.24, 2.45) is 0 Å². The molecule has 2 N–H and O–H groups in total. The van der Waals surface area contributed by atoms with Crippen LogP contribution in [0.2, 0.25) is 0 Å². The Bertz CT molecular complexity index is 1430. The standard InChI is InChI=1S/C21H16BrN3O5S2/c1-32(29,30)15-7-5-12(6-8-15)9-16-18(13-3-2-4-14(22)10-13)24-25(19(16)26)21-23-17(11-31-21)20(27)28/h2-8,10-11,26H,9H2,1H3,(H,27,28). The summed E-state index contributed by atoms with van der Waals surface area (Å²) < 4.78 is 25.5. The first-order valence-electron chi connectivity index (χ1n) is 9.18. The molecule has 4 aromatic rings. The molecule has 0 unspecified atom stereocenters. The summed E-state index contributed by atoms with van der Waals surface area (Å²) in [5.74, 6) is -1.34. The highest BCUT2D eigenvalue weighted by Gasteiger charge is 2.23. The summed E-state index contributed by atoms with van der Waals surface area (Å²) >= 11 is 4.49. The molecule has 8 nitrogen and oxygen atoms in total. The molecule has 0 saturated heterocycles. The average molecular weight is 534 g/mol. The Labute approximate surface area is 195 Å². The van der Waals surface area contributed by atoms with Crippen LogP contribution in [0.3, 0.4) is 0 Å². The largest absolute Gasteiger partial charge is 0.493 e. The number of aromatic carboxylic acids is 1. The lowest BCUT2D eigenvalue weighted by molar-refractivity contribution is 0.0691. The zero-order chi connectivity index (χ0) is 23.0. The van der Waals surface area contributed by atoms with Gasteiger partial charge in [0.2, 0.25) is 11.0 Å². The van der Waals surface area contributed by atoms with E-state index in [2.05, 4.69) is 26.0 Å². The third-order valence-electron chi connectivity index (χ3n) is 4.68. The zero-order valence-electron chi connectivity index (χ0n) is 16.6. The molecule has 0 aliphatic rings. The third kappa shape index (κ3) is 4.45. The van der Waals surface area contributed by atoms with Crippen LogP contribution in [-0.2, 0) is 16.3 Å². The molecule has 32 heavy (non-hydrogen) atoms. The summed E-state index contributed by atoms with van der Waals surface area (Å²) in [5, 5.41) is 26.3. The maximum Gasteiger partial charge on any atom is 0.355 e.